The Morgan fingerprint density at radius 1 is 1.03 bits per heavy atom. The summed E-state index contributed by atoms with van der Waals surface area (Å²) in [5, 5.41) is 26.2. The third-order valence-corrected chi connectivity index (χ3v) is 16.6. The molecule has 1 spiro atoms. The normalized spacial score (nSPS) is 22.8. The number of carbonyl (C=O) groups excluding carboxylic acids is 1. The molecule has 3 aromatic heterocycles. The van der Waals surface area contributed by atoms with Crippen LogP contribution in [0.4, 0.5) is 17.2 Å². The molecular formula is C48H58N8O7S2. The molecule has 1 amide bonds. The number of pyridine rings is 2. The quantitative estimate of drug-likeness (QED) is 0.0647. The van der Waals surface area contributed by atoms with E-state index in [9.17, 15) is 28.4 Å². The molecule has 2 aliphatic heterocycles. The average molecular weight is 923 g/mol. The van der Waals surface area contributed by atoms with Crippen LogP contribution in [0.2, 0.25) is 0 Å². The van der Waals surface area contributed by atoms with E-state index in [1.807, 2.05) is 12.1 Å². The molecule has 17 heteroatoms. The second-order valence-corrected chi connectivity index (χ2v) is 21.9. The Kier molecular flexibility index (Phi) is 12.6. The highest BCUT2D eigenvalue weighted by atomic mass is 32.2. The summed E-state index contributed by atoms with van der Waals surface area (Å²) in [4.78, 5) is 41.6. The summed E-state index contributed by atoms with van der Waals surface area (Å²) in [6.07, 6.45) is 11.5. The van der Waals surface area contributed by atoms with Gasteiger partial charge in [-0.25, -0.2) is 23.1 Å². The van der Waals surface area contributed by atoms with E-state index in [1.54, 1.807) is 31.3 Å². The number of nitrogens with zero attached hydrogens (tertiary/aromatic N) is 5. The number of benzene rings is 2. The van der Waals surface area contributed by atoms with Crippen molar-refractivity contribution in [2.24, 2.45) is 11.3 Å². The molecular weight excluding hydrogens is 865 g/mol. The van der Waals surface area contributed by atoms with Gasteiger partial charge in [0, 0.05) is 79.2 Å². The first-order chi connectivity index (χ1) is 31.2. The van der Waals surface area contributed by atoms with Crippen molar-refractivity contribution in [3.05, 3.63) is 106 Å². The molecule has 0 unspecified atom stereocenters. The van der Waals surface area contributed by atoms with E-state index in [4.69, 9.17) is 4.74 Å². The number of hydrogen-bond acceptors (Lipinski definition) is 13. The third-order valence-electron chi connectivity index (χ3n) is 14.3. The highest BCUT2D eigenvalue weighted by Crippen LogP contribution is 2.54. The third kappa shape index (κ3) is 9.70. The maximum atomic E-state index is 14.0. The summed E-state index contributed by atoms with van der Waals surface area (Å²) in [6, 6.07) is 19.7. The Morgan fingerprint density at radius 2 is 1.80 bits per heavy atom. The van der Waals surface area contributed by atoms with Crippen molar-refractivity contribution in [1.29, 1.82) is 0 Å². The Morgan fingerprint density at radius 3 is 2.55 bits per heavy atom. The molecule has 344 valence electrons. The number of thioether (sulfide) groups is 1. The SMILES string of the molecule is CC(C)c1ccccc1[C@H]1CSCCN1C1CC2(CCN(c3ccc(C(=O)NS(=O)(=O)c4cnc(NC[C@H]5CC[C@](C)(O)CC5)c([N+](=O)[O-])c4)c(Oc4cnc5[nH]ccc5c4)c3)CC2)C1. The van der Waals surface area contributed by atoms with Crippen molar-refractivity contribution < 1.29 is 28.0 Å². The van der Waals surface area contributed by atoms with E-state index in [1.165, 1.54) is 30.2 Å². The standard InChI is InChI=1S/C48H58N8O7S2/c1-31(2)38-6-4-5-7-39(38)42-30-64-21-20-55(42)35-25-48(26-35)15-18-54(19-16-48)34-8-9-40(43(23-34)63-36-22-33-12-17-49-44(33)51-28-36)46(57)53-65(61,62)37-24-41(56(59)60)45(52-29-37)50-27-32-10-13-47(3,58)14-11-32/h4-9,12,17,22-24,28-29,31-32,35,42,58H,10-11,13-16,18-21,25-27,30H2,1-3H3,(H,49,51)(H,50,52)(H,53,57)/t32-,42-,47-/m1/s1. The first-order valence-corrected chi connectivity index (χ1v) is 25.4. The zero-order valence-electron chi connectivity index (χ0n) is 37.2. The van der Waals surface area contributed by atoms with Gasteiger partial charge in [-0.1, -0.05) is 38.1 Å². The van der Waals surface area contributed by atoms with Gasteiger partial charge in [0.25, 0.3) is 15.9 Å². The van der Waals surface area contributed by atoms with Crippen molar-refractivity contribution in [2.45, 2.75) is 101 Å². The van der Waals surface area contributed by atoms with Crippen LogP contribution in [0, 0.1) is 21.4 Å². The van der Waals surface area contributed by atoms with Crippen molar-refractivity contribution in [3.8, 4) is 11.5 Å². The average Bonchev–Trinajstić information content (AvgIpc) is 3.76. The number of hydrogen-bond donors (Lipinski definition) is 4. The number of anilines is 2. The van der Waals surface area contributed by atoms with Gasteiger partial charge in [0.05, 0.1) is 28.5 Å². The minimum absolute atomic E-state index is 0.0395. The highest BCUT2D eigenvalue weighted by Gasteiger charge is 2.49. The van der Waals surface area contributed by atoms with E-state index in [0.717, 1.165) is 80.2 Å². The molecule has 2 aliphatic carbocycles. The van der Waals surface area contributed by atoms with E-state index in [0.29, 0.717) is 48.8 Å². The van der Waals surface area contributed by atoms with E-state index >= 15 is 0 Å². The fraction of sp³-hybridized carbons (Fsp3) is 0.479. The van der Waals surface area contributed by atoms with E-state index in [-0.39, 0.29) is 28.5 Å². The number of nitrogens with one attached hydrogen (secondary N) is 3. The van der Waals surface area contributed by atoms with Gasteiger partial charge in [-0.05, 0) is 111 Å². The zero-order valence-corrected chi connectivity index (χ0v) is 38.8. The molecule has 4 aliphatic rings. The van der Waals surface area contributed by atoms with Crippen LogP contribution < -0.4 is 19.7 Å². The molecule has 5 heterocycles. The molecule has 9 rings (SSSR count). The largest absolute Gasteiger partial charge is 0.455 e. The number of aromatic amines is 1. The first kappa shape index (κ1) is 44.9. The maximum absolute atomic E-state index is 14.0. The fourth-order valence-electron chi connectivity index (χ4n) is 10.4. The van der Waals surface area contributed by atoms with Crippen LogP contribution in [0.1, 0.15) is 106 Å². The van der Waals surface area contributed by atoms with E-state index in [2.05, 4.69) is 84.7 Å². The van der Waals surface area contributed by atoms with Crippen LogP contribution in [0.15, 0.2) is 84.1 Å². The van der Waals surface area contributed by atoms with Crippen molar-refractivity contribution in [1.82, 2.24) is 24.6 Å². The maximum Gasteiger partial charge on any atom is 0.312 e. The van der Waals surface area contributed by atoms with Crippen LogP contribution in [-0.2, 0) is 10.0 Å². The fourth-order valence-corrected chi connectivity index (χ4v) is 12.4. The van der Waals surface area contributed by atoms with E-state index < -0.39 is 37.0 Å². The molecule has 4 fully saturated rings. The van der Waals surface area contributed by atoms with Crippen LogP contribution in [0.25, 0.3) is 11.0 Å². The summed E-state index contributed by atoms with van der Waals surface area (Å²) in [7, 11) is -4.63. The number of aliphatic hydroxyl groups is 1. The van der Waals surface area contributed by atoms with Crippen LogP contribution in [-0.4, -0.2) is 93.5 Å². The second kappa shape index (κ2) is 18.2. The molecule has 2 aromatic carbocycles. The molecule has 15 nitrogen and oxygen atoms in total. The molecule has 2 saturated carbocycles. The molecule has 0 radical (unpaired) electrons. The van der Waals surface area contributed by atoms with Crippen molar-refractivity contribution in [2.75, 3.05) is 47.9 Å². The number of amides is 1. The first-order valence-electron chi connectivity index (χ1n) is 22.8. The predicted octanol–water partition coefficient (Wildman–Crippen LogP) is 8.79. The number of fused-ring (bicyclic) bond motifs is 1. The van der Waals surface area contributed by atoms with Gasteiger partial charge in [0.15, 0.2) is 0 Å². The molecule has 4 N–H and O–H groups in total. The summed E-state index contributed by atoms with van der Waals surface area (Å²) in [6.45, 7) is 9.52. The monoisotopic (exact) mass is 922 g/mol. The van der Waals surface area contributed by atoms with Crippen LogP contribution >= 0.6 is 11.8 Å². The van der Waals surface area contributed by atoms with Crippen LogP contribution in [0.5, 0.6) is 11.5 Å². The lowest BCUT2D eigenvalue weighted by Gasteiger charge is -2.57. The van der Waals surface area contributed by atoms with Gasteiger partial charge < -0.3 is 25.0 Å². The lowest BCUT2D eigenvalue weighted by molar-refractivity contribution is -0.384. The number of aromatic nitrogens is 3. The van der Waals surface area contributed by atoms with Gasteiger partial charge in [-0.15, -0.1) is 0 Å². The number of nitro groups is 1. The number of H-pyrrole nitrogens is 1. The molecule has 65 heavy (non-hydrogen) atoms. The van der Waals surface area contributed by atoms with Gasteiger partial charge >= 0.3 is 5.69 Å². The minimum Gasteiger partial charge on any atom is -0.455 e. The Balaban J connectivity index is 0.898. The lowest BCUT2D eigenvalue weighted by Crippen LogP contribution is -2.57. The molecule has 5 aromatic rings. The minimum atomic E-state index is -4.63. The van der Waals surface area contributed by atoms with Crippen molar-refractivity contribution in [3.63, 3.8) is 0 Å². The van der Waals surface area contributed by atoms with Gasteiger partial charge in [-0.3, -0.25) is 19.8 Å². The predicted molar refractivity (Wildman–Crippen MR) is 253 cm³/mol. The number of rotatable bonds is 13. The van der Waals surface area contributed by atoms with Gasteiger partial charge in [-0.2, -0.15) is 11.8 Å². The Labute approximate surface area is 384 Å². The lowest BCUT2D eigenvalue weighted by atomic mass is 9.59. The number of piperidine rings is 1. The van der Waals surface area contributed by atoms with Gasteiger partial charge in [0.1, 0.15) is 22.0 Å². The smallest absolute Gasteiger partial charge is 0.312 e. The number of ether oxygens (including phenoxy) is 1. The summed E-state index contributed by atoms with van der Waals surface area (Å²) >= 11 is 2.06. The molecule has 0 bridgehead atoms. The van der Waals surface area contributed by atoms with Crippen molar-refractivity contribution >= 4 is 55.9 Å². The number of sulfonamides is 1. The Bertz CT molecular complexity index is 2660. The summed E-state index contributed by atoms with van der Waals surface area (Å²) < 4.78 is 35.9. The molecule has 2 saturated heterocycles. The summed E-state index contributed by atoms with van der Waals surface area (Å²) in [5.41, 5.74) is 3.43. The molecule has 1 atom stereocenters. The van der Waals surface area contributed by atoms with Gasteiger partial charge in [0.2, 0.25) is 5.82 Å². The number of carbonyl (C=O) groups is 1. The topological polar surface area (TPSA) is 196 Å². The highest BCUT2D eigenvalue weighted by molar-refractivity contribution is 7.99. The van der Waals surface area contributed by atoms with Crippen LogP contribution in [0.3, 0.4) is 0 Å². The second-order valence-electron chi connectivity index (χ2n) is 19.1. The summed E-state index contributed by atoms with van der Waals surface area (Å²) in [5.74, 6) is 2.39. The Hall–Kier alpha value is -5.23. The zero-order chi connectivity index (χ0) is 45.5.